The first-order valence-electron chi connectivity index (χ1n) is 13.0. The first-order chi connectivity index (χ1) is 21.9. The minimum absolute atomic E-state index is 0. The predicted molar refractivity (Wildman–Crippen MR) is 182 cm³/mol. The van der Waals surface area contributed by atoms with Crippen molar-refractivity contribution in [1.29, 1.82) is 0 Å². The van der Waals surface area contributed by atoms with Crippen molar-refractivity contribution < 1.29 is 4.68 Å². The minimum atomic E-state index is 0. The SMILES string of the molecule is Br.Nn1cnnc1.[C-]#[N+]c1ccc(CBr)cc1.[C-]#[N+]c1ccc(Cn2c[n+](N)cn2)cc1.[C-]#[N+]c1ccc(Cn2cncn2)cc1. The zero-order valence-electron chi connectivity index (χ0n) is 24.3. The maximum absolute atomic E-state index is 6.83. The van der Waals surface area contributed by atoms with Crippen molar-refractivity contribution in [2.45, 2.75) is 18.4 Å². The molecule has 0 aliphatic rings. The van der Waals surface area contributed by atoms with Crippen LogP contribution in [0.2, 0.25) is 0 Å². The lowest BCUT2D eigenvalue weighted by atomic mass is 10.2. The van der Waals surface area contributed by atoms with Gasteiger partial charge in [-0.25, -0.2) is 28.9 Å². The summed E-state index contributed by atoms with van der Waals surface area (Å²) in [5, 5.41) is 15.7. The summed E-state index contributed by atoms with van der Waals surface area (Å²) < 4.78 is 6.15. The molecule has 3 aromatic heterocycles. The van der Waals surface area contributed by atoms with Crippen molar-refractivity contribution in [1.82, 2.24) is 39.4 Å². The number of benzene rings is 3. The third-order valence-electron chi connectivity index (χ3n) is 5.54. The maximum Gasteiger partial charge on any atom is 0.286 e. The molecule has 0 bridgehead atoms. The van der Waals surface area contributed by atoms with E-state index in [4.69, 9.17) is 31.4 Å². The number of halogens is 2. The first kappa shape index (κ1) is 36.3. The van der Waals surface area contributed by atoms with Gasteiger partial charge in [-0.3, -0.25) is 5.84 Å². The van der Waals surface area contributed by atoms with Crippen molar-refractivity contribution in [2.24, 2.45) is 0 Å². The molecule has 232 valence electrons. The van der Waals surface area contributed by atoms with E-state index in [1.807, 2.05) is 48.5 Å². The lowest BCUT2D eigenvalue weighted by Crippen LogP contribution is -2.42. The molecule has 0 unspecified atom stereocenters. The Morgan fingerprint density at radius 1 is 0.674 bits per heavy atom. The number of nitrogens with zero attached hydrogens (tertiary/aromatic N) is 12. The Bertz CT molecular complexity index is 1810. The summed E-state index contributed by atoms with van der Waals surface area (Å²) in [5.74, 6) is 10.5. The number of aromatic nitrogens is 9. The number of alkyl halides is 1. The second-order valence-electron chi connectivity index (χ2n) is 8.86. The molecule has 0 saturated heterocycles. The Labute approximate surface area is 284 Å². The average molecular weight is 745 g/mol. The van der Waals surface area contributed by atoms with Crippen molar-refractivity contribution in [3.05, 3.63) is 162 Å². The van der Waals surface area contributed by atoms with Gasteiger partial charge in [0.05, 0.1) is 26.3 Å². The average Bonchev–Trinajstić information content (AvgIpc) is 3.87. The van der Waals surface area contributed by atoms with Crippen LogP contribution in [-0.4, -0.2) is 39.4 Å². The highest BCUT2D eigenvalue weighted by Gasteiger charge is 2.04. The van der Waals surface area contributed by atoms with Crippen LogP contribution in [0, 0.1) is 19.7 Å². The minimum Gasteiger partial charge on any atom is -0.337 e. The molecule has 0 aliphatic heterocycles. The monoisotopic (exact) mass is 743 g/mol. The molecule has 3 heterocycles. The van der Waals surface area contributed by atoms with E-state index in [9.17, 15) is 0 Å². The molecule has 4 N–H and O–H groups in total. The standard InChI is InChI=1S/C10H10N5.C10H8N4.C8H6BrN.C2H4N4.BrH/c1-12-10-4-2-9(3-5-10)6-15-8-14(11)7-13-15;1-11-10-4-2-9(3-5-10)6-14-8-12-7-13-14;1-10-8-4-2-7(6-9)3-5-8;3-6-1-4-5-2-6;/h2-5,7-8H,6,11H2;2-5,7-8H,6H2;2-5H,6H2;1-2H,3H2;1H/q+1;;;;. The predicted octanol–water partition coefficient (Wildman–Crippen LogP) is 5.06. The Balaban J connectivity index is 0.000000221. The van der Waals surface area contributed by atoms with Gasteiger partial charge in [0.25, 0.3) is 6.33 Å². The lowest BCUT2D eigenvalue weighted by molar-refractivity contribution is -0.639. The molecular weight excluding hydrogens is 716 g/mol. The molecule has 0 aliphatic carbocycles. The van der Waals surface area contributed by atoms with Crippen LogP contribution in [-0.2, 0) is 18.4 Å². The van der Waals surface area contributed by atoms with Crippen LogP contribution in [0.1, 0.15) is 16.7 Å². The Kier molecular flexibility index (Phi) is 15.9. The third kappa shape index (κ3) is 13.2. The number of rotatable bonds is 5. The van der Waals surface area contributed by atoms with E-state index in [-0.39, 0.29) is 17.0 Å². The van der Waals surface area contributed by atoms with Crippen molar-refractivity contribution in [2.75, 3.05) is 11.7 Å². The van der Waals surface area contributed by atoms with Gasteiger partial charge in [0.2, 0.25) is 6.33 Å². The fourth-order valence-electron chi connectivity index (χ4n) is 3.33. The lowest BCUT2D eigenvalue weighted by Gasteiger charge is -2.00. The number of hydrogen-bond donors (Lipinski definition) is 2. The summed E-state index contributed by atoms with van der Waals surface area (Å²) in [7, 11) is 0. The molecule has 0 spiro atoms. The van der Waals surface area contributed by atoms with Crippen molar-refractivity contribution in [3.8, 4) is 0 Å². The zero-order chi connectivity index (χ0) is 32.3. The van der Waals surface area contributed by atoms with E-state index in [1.165, 1.54) is 40.2 Å². The van der Waals surface area contributed by atoms with Gasteiger partial charge in [-0.15, -0.1) is 36.5 Å². The van der Waals surface area contributed by atoms with Crippen LogP contribution in [0.15, 0.2) is 111 Å². The van der Waals surface area contributed by atoms with Crippen molar-refractivity contribution >= 4 is 50.0 Å². The topological polar surface area (TPSA) is 148 Å². The van der Waals surface area contributed by atoms with Crippen LogP contribution >= 0.6 is 32.9 Å². The summed E-state index contributed by atoms with van der Waals surface area (Å²) >= 11 is 3.33. The molecule has 46 heavy (non-hydrogen) atoms. The van der Waals surface area contributed by atoms with Gasteiger partial charge < -0.3 is 5.84 Å². The van der Waals surface area contributed by atoms with Crippen molar-refractivity contribution in [3.63, 3.8) is 0 Å². The molecule has 14 nitrogen and oxygen atoms in total. The molecule has 0 saturated carbocycles. The van der Waals surface area contributed by atoms with Crippen LogP contribution < -0.4 is 16.4 Å². The van der Waals surface area contributed by atoms with Crippen LogP contribution in [0.3, 0.4) is 0 Å². The van der Waals surface area contributed by atoms with Gasteiger partial charge in [0, 0.05) is 10.4 Å². The van der Waals surface area contributed by atoms with Gasteiger partial charge in [-0.1, -0.05) is 88.7 Å². The molecule has 0 radical (unpaired) electrons. The van der Waals surface area contributed by atoms with E-state index in [2.05, 4.69) is 55.8 Å². The number of hydrogen-bond acceptors (Lipinski definition) is 7. The number of nitrogens with two attached hydrogens (primary N) is 2. The summed E-state index contributed by atoms with van der Waals surface area (Å²) in [4.78, 5) is 13.8. The summed E-state index contributed by atoms with van der Waals surface area (Å²) in [6, 6.07) is 22.4. The van der Waals surface area contributed by atoms with Gasteiger partial charge in [-0.2, -0.15) is 5.10 Å². The Morgan fingerprint density at radius 3 is 1.46 bits per heavy atom. The van der Waals surface area contributed by atoms with E-state index < -0.39 is 0 Å². The molecule has 6 aromatic rings. The number of nitrogen functional groups attached to an aromatic ring is 2. The largest absolute Gasteiger partial charge is 0.337 e. The van der Waals surface area contributed by atoms with E-state index >= 15 is 0 Å². The molecular formula is C30H29Br2N14+. The summed E-state index contributed by atoms with van der Waals surface area (Å²) in [6.45, 7) is 21.7. The fraction of sp³-hybridized carbons (Fsp3) is 0.100. The molecule has 3 aromatic carbocycles. The molecule has 0 fully saturated rings. The first-order valence-corrected chi connectivity index (χ1v) is 14.1. The second kappa shape index (κ2) is 20.1. The molecule has 16 heteroatoms. The molecule has 0 atom stereocenters. The maximum atomic E-state index is 6.83. The summed E-state index contributed by atoms with van der Waals surface area (Å²) in [5.41, 5.74) is 5.41. The molecule has 6 rings (SSSR count). The Hall–Kier alpha value is -5.89. The van der Waals surface area contributed by atoms with E-state index in [0.29, 0.717) is 30.2 Å². The highest BCUT2D eigenvalue weighted by molar-refractivity contribution is 9.08. The molecule has 0 amide bonds. The van der Waals surface area contributed by atoms with E-state index in [1.54, 1.807) is 46.3 Å². The van der Waals surface area contributed by atoms with Gasteiger partial charge in [-0.05, 0) is 16.7 Å². The summed E-state index contributed by atoms with van der Waals surface area (Å²) in [6.07, 6.45) is 9.24. The fourth-order valence-corrected chi connectivity index (χ4v) is 3.70. The Morgan fingerprint density at radius 2 is 1.13 bits per heavy atom. The van der Waals surface area contributed by atoms with Crippen LogP contribution in [0.4, 0.5) is 17.1 Å². The highest BCUT2D eigenvalue weighted by Crippen LogP contribution is 2.15. The van der Waals surface area contributed by atoms with Gasteiger partial charge in [0.1, 0.15) is 31.9 Å². The zero-order valence-corrected chi connectivity index (χ0v) is 27.6. The van der Waals surface area contributed by atoms with Gasteiger partial charge in [0.15, 0.2) is 17.1 Å². The quantitative estimate of drug-likeness (QED) is 0.109. The smallest absolute Gasteiger partial charge is 0.286 e. The highest BCUT2D eigenvalue weighted by atomic mass is 79.9. The van der Waals surface area contributed by atoms with E-state index in [0.717, 1.165) is 16.5 Å². The van der Waals surface area contributed by atoms with Gasteiger partial charge >= 0.3 is 0 Å². The normalized spacial score (nSPS) is 9.17. The van der Waals surface area contributed by atoms with Crippen LogP contribution in [0.5, 0.6) is 0 Å². The van der Waals surface area contributed by atoms with Crippen LogP contribution in [0.25, 0.3) is 14.5 Å². The second-order valence-corrected chi connectivity index (χ2v) is 9.42. The third-order valence-corrected chi connectivity index (χ3v) is 6.19.